The van der Waals surface area contributed by atoms with Gasteiger partial charge < -0.3 is 10.2 Å². The van der Waals surface area contributed by atoms with E-state index in [0.29, 0.717) is 17.9 Å². The van der Waals surface area contributed by atoms with Crippen LogP contribution in [-0.2, 0) is 4.79 Å². The summed E-state index contributed by atoms with van der Waals surface area (Å²) in [5.41, 5.74) is 0. The molecule has 2 heterocycles. The molecule has 0 aromatic heterocycles. The van der Waals surface area contributed by atoms with E-state index in [9.17, 15) is 4.79 Å². The van der Waals surface area contributed by atoms with Crippen molar-refractivity contribution in [2.24, 2.45) is 11.8 Å². The minimum Gasteiger partial charge on any atom is -0.342 e. The van der Waals surface area contributed by atoms with Crippen LogP contribution in [0.5, 0.6) is 0 Å². The molecule has 16 heavy (non-hydrogen) atoms. The van der Waals surface area contributed by atoms with Gasteiger partial charge in [-0.1, -0.05) is 6.92 Å². The van der Waals surface area contributed by atoms with Crippen molar-refractivity contribution in [3.63, 3.8) is 0 Å². The van der Waals surface area contributed by atoms with Crippen molar-refractivity contribution in [3.05, 3.63) is 0 Å². The van der Waals surface area contributed by atoms with Gasteiger partial charge in [0.15, 0.2) is 0 Å². The zero-order valence-electron chi connectivity index (χ0n) is 10.5. The quantitative estimate of drug-likeness (QED) is 0.734. The van der Waals surface area contributed by atoms with E-state index in [1.807, 2.05) is 0 Å². The Bertz CT molecular complexity index is 248. The Morgan fingerprint density at radius 3 is 2.56 bits per heavy atom. The van der Waals surface area contributed by atoms with E-state index in [2.05, 4.69) is 24.1 Å². The minimum atomic E-state index is 0.259. The van der Waals surface area contributed by atoms with Crippen molar-refractivity contribution in [1.82, 2.24) is 10.2 Å². The SMILES string of the molecule is CC1NCCC(C(=O)N2CCCCC2)C1C. The number of likely N-dealkylation sites (tertiary alicyclic amines) is 1. The van der Waals surface area contributed by atoms with E-state index in [-0.39, 0.29) is 5.92 Å². The van der Waals surface area contributed by atoms with Gasteiger partial charge in [-0.3, -0.25) is 4.79 Å². The number of nitrogens with zero attached hydrogens (tertiary/aromatic N) is 1. The van der Waals surface area contributed by atoms with Crippen LogP contribution in [0.4, 0.5) is 0 Å². The highest BCUT2D eigenvalue weighted by atomic mass is 16.2. The van der Waals surface area contributed by atoms with Crippen LogP contribution in [0.15, 0.2) is 0 Å². The van der Waals surface area contributed by atoms with Crippen LogP contribution in [0.2, 0.25) is 0 Å². The largest absolute Gasteiger partial charge is 0.342 e. The average molecular weight is 224 g/mol. The number of hydrogen-bond donors (Lipinski definition) is 1. The van der Waals surface area contributed by atoms with Gasteiger partial charge in [0.25, 0.3) is 0 Å². The zero-order chi connectivity index (χ0) is 11.5. The Morgan fingerprint density at radius 2 is 1.88 bits per heavy atom. The van der Waals surface area contributed by atoms with E-state index >= 15 is 0 Å². The lowest BCUT2D eigenvalue weighted by atomic mass is 9.81. The molecule has 0 radical (unpaired) electrons. The monoisotopic (exact) mass is 224 g/mol. The van der Waals surface area contributed by atoms with Gasteiger partial charge in [-0.05, 0) is 45.1 Å². The number of rotatable bonds is 1. The molecule has 0 spiro atoms. The molecule has 0 aromatic rings. The molecule has 92 valence electrons. The average Bonchev–Trinajstić information content (AvgIpc) is 2.33. The second-order valence-corrected chi connectivity index (χ2v) is 5.38. The third-order valence-corrected chi connectivity index (χ3v) is 4.33. The molecule has 2 aliphatic rings. The fourth-order valence-electron chi connectivity index (χ4n) is 2.96. The molecule has 0 bridgehead atoms. The highest BCUT2D eigenvalue weighted by Gasteiger charge is 2.34. The van der Waals surface area contributed by atoms with Gasteiger partial charge in [0, 0.05) is 25.0 Å². The summed E-state index contributed by atoms with van der Waals surface area (Å²) in [7, 11) is 0. The van der Waals surface area contributed by atoms with E-state index in [0.717, 1.165) is 26.1 Å². The summed E-state index contributed by atoms with van der Waals surface area (Å²) in [4.78, 5) is 14.5. The van der Waals surface area contributed by atoms with Crippen molar-refractivity contribution < 1.29 is 4.79 Å². The summed E-state index contributed by atoms with van der Waals surface area (Å²) in [6.45, 7) is 7.38. The Morgan fingerprint density at radius 1 is 1.19 bits per heavy atom. The van der Waals surface area contributed by atoms with Gasteiger partial charge in [0.05, 0.1) is 0 Å². The molecule has 1 amide bonds. The van der Waals surface area contributed by atoms with Crippen LogP contribution in [0, 0.1) is 11.8 Å². The normalized spacial score (nSPS) is 36.1. The fourth-order valence-corrected chi connectivity index (χ4v) is 2.96. The van der Waals surface area contributed by atoms with Gasteiger partial charge in [0.2, 0.25) is 5.91 Å². The first-order chi connectivity index (χ1) is 7.70. The van der Waals surface area contributed by atoms with Crippen LogP contribution in [0.3, 0.4) is 0 Å². The van der Waals surface area contributed by atoms with Gasteiger partial charge in [-0.15, -0.1) is 0 Å². The third-order valence-electron chi connectivity index (χ3n) is 4.33. The molecule has 2 aliphatic heterocycles. The summed E-state index contributed by atoms with van der Waals surface area (Å²) in [6, 6.07) is 0.479. The van der Waals surface area contributed by atoms with Crippen molar-refractivity contribution >= 4 is 5.91 Å². The summed E-state index contributed by atoms with van der Waals surface area (Å²) in [6.07, 6.45) is 4.70. The minimum absolute atomic E-state index is 0.259. The standard InChI is InChI=1S/C13H24N2O/c1-10-11(2)14-7-6-12(10)13(16)15-8-4-3-5-9-15/h10-12,14H,3-9H2,1-2H3. The molecule has 3 atom stereocenters. The number of amides is 1. The number of carbonyl (C=O) groups excluding carboxylic acids is 1. The van der Waals surface area contributed by atoms with Gasteiger partial charge in [0.1, 0.15) is 0 Å². The first kappa shape index (κ1) is 11.9. The molecular weight excluding hydrogens is 200 g/mol. The lowest BCUT2D eigenvalue weighted by molar-refractivity contribution is -0.139. The van der Waals surface area contributed by atoms with Crippen LogP contribution in [0.1, 0.15) is 39.5 Å². The predicted octanol–water partition coefficient (Wildman–Crippen LogP) is 1.63. The van der Waals surface area contributed by atoms with Crippen LogP contribution in [-0.4, -0.2) is 36.5 Å². The number of nitrogens with one attached hydrogen (secondary N) is 1. The summed E-state index contributed by atoms with van der Waals surface area (Å²) in [5.74, 6) is 1.15. The van der Waals surface area contributed by atoms with Crippen molar-refractivity contribution in [1.29, 1.82) is 0 Å². The first-order valence-corrected chi connectivity index (χ1v) is 6.72. The van der Waals surface area contributed by atoms with E-state index < -0.39 is 0 Å². The van der Waals surface area contributed by atoms with Gasteiger partial charge in [-0.2, -0.15) is 0 Å². The number of carbonyl (C=O) groups is 1. The van der Waals surface area contributed by atoms with Gasteiger partial charge in [-0.25, -0.2) is 0 Å². The Kier molecular flexibility index (Phi) is 3.85. The number of piperidine rings is 2. The molecule has 1 N–H and O–H groups in total. The smallest absolute Gasteiger partial charge is 0.226 e. The molecule has 3 unspecified atom stereocenters. The van der Waals surface area contributed by atoms with Crippen molar-refractivity contribution in [2.75, 3.05) is 19.6 Å². The van der Waals surface area contributed by atoms with Crippen molar-refractivity contribution in [2.45, 2.75) is 45.6 Å². The first-order valence-electron chi connectivity index (χ1n) is 6.72. The second-order valence-electron chi connectivity index (χ2n) is 5.38. The maximum Gasteiger partial charge on any atom is 0.226 e. The highest BCUT2D eigenvalue weighted by Crippen LogP contribution is 2.26. The molecular formula is C13H24N2O. The Balaban J connectivity index is 1.96. The maximum atomic E-state index is 12.4. The van der Waals surface area contributed by atoms with Crippen molar-refractivity contribution in [3.8, 4) is 0 Å². The lowest BCUT2D eigenvalue weighted by Gasteiger charge is -2.38. The molecule has 0 aromatic carbocycles. The molecule has 0 aliphatic carbocycles. The fraction of sp³-hybridized carbons (Fsp3) is 0.923. The molecule has 2 fully saturated rings. The molecule has 3 nitrogen and oxygen atoms in total. The second kappa shape index (κ2) is 5.17. The zero-order valence-corrected chi connectivity index (χ0v) is 10.5. The number of hydrogen-bond acceptors (Lipinski definition) is 2. The molecule has 0 saturated carbocycles. The Hall–Kier alpha value is -0.570. The highest BCUT2D eigenvalue weighted by molar-refractivity contribution is 5.79. The topological polar surface area (TPSA) is 32.3 Å². The Labute approximate surface area is 98.6 Å². The third kappa shape index (κ3) is 2.40. The summed E-state index contributed by atoms with van der Waals surface area (Å²) >= 11 is 0. The summed E-state index contributed by atoms with van der Waals surface area (Å²) in [5, 5.41) is 3.45. The molecule has 2 saturated heterocycles. The molecule has 2 rings (SSSR count). The van der Waals surface area contributed by atoms with E-state index in [1.54, 1.807) is 0 Å². The molecule has 3 heteroatoms. The maximum absolute atomic E-state index is 12.4. The van der Waals surface area contributed by atoms with E-state index in [4.69, 9.17) is 0 Å². The predicted molar refractivity (Wildman–Crippen MR) is 65.2 cm³/mol. The van der Waals surface area contributed by atoms with Crippen LogP contribution >= 0.6 is 0 Å². The van der Waals surface area contributed by atoms with Gasteiger partial charge >= 0.3 is 0 Å². The van der Waals surface area contributed by atoms with Crippen LogP contribution in [0.25, 0.3) is 0 Å². The van der Waals surface area contributed by atoms with E-state index in [1.165, 1.54) is 19.3 Å². The van der Waals surface area contributed by atoms with Crippen LogP contribution < -0.4 is 5.32 Å². The lowest BCUT2D eigenvalue weighted by Crippen LogP contribution is -2.50. The summed E-state index contributed by atoms with van der Waals surface area (Å²) < 4.78 is 0.